The Hall–Kier alpha value is -1.07. The summed E-state index contributed by atoms with van der Waals surface area (Å²) >= 11 is 2.96. The number of thiazole rings is 1. The summed E-state index contributed by atoms with van der Waals surface area (Å²) in [5, 5.41) is 8.26. The third-order valence-electron chi connectivity index (χ3n) is 1.69. The van der Waals surface area contributed by atoms with Gasteiger partial charge in [-0.2, -0.15) is 0 Å². The molecule has 0 spiro atoms. The molecule has 1 aromatic heterocycles. The van der Waals surface area contributed by atoms with Gasteiger partial charge in [-0.3, -0.25) is 5.41 Å². The number of para-hydroxylation sites is 1. The first-order valence-corrected chi connectivity index (χ1v) is 5.87. The molecule has 5 heteroatoms. The Labute approximate surface area is 89.9 Å². The zero-order valence-corrected chi connectivity index (χ0v) is 8.99. The molecule has 0 saturated carbocycles. The van der Waals surface area contributed by atoms with Crippen LogP contribution in [0.2, 0.25) is 0 Å². The van der Waals surface area contributed by atoms with E-state index in [1.807, 2.05) is 18.2 Å². The number of hydrogen-bond donors (Lipinski definition) is 2. The SMILES string of the molecule is N=C(N)SCc1nc2ccccc2s1. The maximum atomic E-state index is 7.10. The summed E-state index contributed by atoms with van der Waals surface area (Å²) in [6.45, 7) is 0. The zero-order chi connectivity index (χ0) is 9.97. The van der Waals surface area contributed by atoms with Crippen molar-refractivity contribution in [3.05, 3.63) is 29.3 Å². The van der Waals surface area contributed by atoms with Crippen LogP contribution in [0.1, 0.15) is 5.01 Å². The van der Waals surface area contributed by atoms with Crippen LogP contribution in [0, 0.1) is 5.41 Å². The van der Waals surface area contributed by atoms with Crippen molar-refractivity contribution in [3.63, 3.8) is 0 Å². The van der Waals surface area contributed by atoms with E-state index in [0.717, 1.165) is 10.5 Å². The lowest BCUT2D eigenvalue weighted by Gasteiger charge is -1.92. The molecule has 1 heterocycles. The van der Waals surface area contributed by atoms with Crippen LogP contribution in [0.15, 0.2) is 24.3 Å². The minimum Gasteiger partial charge on any atom is -0.379 e. The fourth-order valence-electron chi connectivity index (χ4n) is 1.12. The van der Waals surface area contributed by atoms with Gasteiger partial charge in [-0.15, -0.1) is 11.3 Å². The first kappa shape index (κ1) is 9.48. The number of amidine groups is 1. The van der Waals surface area contributed by atoms with Crippen molar-refractivity contribution < 1.29 is 0 Å². The molecule has 14 heavy (non-hydrogen) atoms. The first-order valence-electron chi connectivity index (χ1n) is 4.07. The Bertz CT molecular complexity index is 431. The van der Waals surface area contributed by atoms with Crippen LogP contribution in [-0.2, 0) is 5.75 Å². The van der Waals surface area contributed by atoms with Gasteiger partial charge in [-0.1, -0.05) is 23.9 Å². The summed E-state index contributed by atoms with van der Waals surface area (Å²) in [4.78, 5) is 4.43. The van der Waals surface area contributed by atoms with Crippen LogP contribution in [0.3, 0.4) is 0 Å². The minimum atomic E-state index is 0.143. The molecule has 3 N–H and O–H groups in total. The molecule has 0 radical (unpaired) electrons. The van der Waals surface area contributed by atoms with E-state index in [4.69, 9.17) is 11.1 Å². The Morgan fingerprint density at radius 1 is 1.50 bits per heavy atom. The number of nitrogens with two attached hydrogens (primary N) is 1. The van der Waals surface area contributed by atoms with Crippen molar-refractivity contribution in [3.8, 4) is 0 Å². The molecule has 0 amide bonds. The van der Waals surface area contributed by atoms with Crippen LogP contribution in [0.5, 0.6) is 0 Å². The Morgan fingerprint density at radius 2 is 2.29 bits per heavy atom. The lowest BCUT2D eigenvalue weighted by atomic mass is 10.3. The number of aromatic nitrogens is 1. The standard InChI is InChI=1S/C9H9N3S2/c10-9(11)13-5-8-12-6-3-1-2-4-7(6)14-8/h1-4H,5H2,(H3,10,11). The molecule has 2 rings (SSSR count). The van der Waals surface area contributed by atoms with Gasteiger partial charge in [0.2, 0.25) is 0 Å². The highest BCUT2D eigenvalue weighted by atomic mass is 32.2. The van der Waals surface area contributed by atoms with Gasteiger partial charge in [0.25, 0.3) is 0 Å². The molecular formula is C9H9N3S2. The van der Waals surface area contributed by atoms with Crippen molar-refractivity contribution in [2.45, 2.75) is 5.75 Å². The fourth-order valence-corrected chi connectivity index (χ4v) is 2.64. The molecule has 0 aliphatic rings. The van der Waals surface area contributed by atoms with Crippen molar-refractivity contribution in [2.24, 2.45) is 5.73 Å². The number of hydrogen-bond acceptors (Lipinski definition) is 4. The van der Waals surface area contributed by atoms with Crippen LogP contribution in [0.4, 0.5) is 0 Å². The summed E-state index contributed by atoms with van der Waals surface area (Å²) in [5.41, 5.74) is 6.28. The number of nitrogens with one attached hydrogen (secondary N) is 1. The predicted octanol–water partition coefficient (Wildman–Crippen LogP) is 2.42. The van der Waals surface area contributed by atoms with E-state index in [1.165, 1.54) is 16.5 Å². The molecule has 0 unspecified atom stereocenters. The summed E-state index contributed by atoms with van der Waals surface area (Å²) < 4.78 is 1.19. The molecule has 0 bridgehead atoms. The summed E-state index contributed by atoms with van der Waals surface area (Å²) in [6, 6.07) is 8.02. The van der Waals surface area contributed by atoms with E-state index in [2.05, 4.69) is 11.1 Å². The van der Waals surface area contributed by atoms with Crippen LogP contribution < -0.4 is 5.73 Å². The van der Waals surface area contributed by atoms with Crippen LogP contribution in [-0.4, -0.2) is 10.2 Å². The van der Waals surface area contributed by atoms with E-state index in [1.54, 1.807) is 11.3 Å². The smallest absolute Gasteiger partial charge is 0.151 e. The Morgan fingerprint density at radius 3 is 3.00 bits per heavy atom. The highest BCUT2D eigenvalue weighted by Crippen LogP contribution is 2.24. The molecule has 72 valence electrons. The molecule has 0 aliphatic carbocycles. The average Bonchev–Trinajstić information content (AvgIpc) is 2.57. The Balaban J connectivity index is 2.22. The lowest BCUT2D eigenvalue weighted by Crippen LogP contribution is -2.03. The fraction of sp³-hybridized carbons (Fsp3) is 0.111. The molecule has 3 nitrogen and oxygen atoms in total. The van der Waals surface area contributed by atoms with Gasteiger partial charge < -0.3 is 5.73 Å². The lowest BCUT2D eigenvalue weighted by molar-refractivity contribution is 1.31. The van der Waals surface area contributed by atoms with Crippen LogP contribution in [0.25, 0.3) is 10.2 Å². The molecule has 2 aromatic rings. The highest BCUT2D eigenvalue weighted by Gasteiger charge is 2.03. The maximum Gasteiger partial charge on any atom is 0.151 e. The predicted molar refractivity (Wildman–Crippen MR) is 62.8 cm³/mol. The summed E-state index contributed by atoms with van der Waals surface area (Å²) in [6.07, 6.45) is 0. The van der Waals surface area contributed by atoms with Gasteiger partial charge in [0.1, 0.15) is 5.01 Å². The van der Waals surface area contributed by atoms with E-state index in [-0.39, 0.29) is 5.17 Å². The highest BCUT2D eigenvalue weighted by molar-refractivity contribution is 8.13. The molecule has 0 atom stereocenters. The van der Waals surface area contributed by atoms with Crippen LogP contribution >= 0.6 is 23.1 Å². The van der Waals surface area contributed by atoms with Gasteiger partial charge in [-0.05, 0) is 12.1 Å². The van der Waals surface area contributed by atoms with E-state index in [9.17, 15) is 0 Å². The number of nitrogens with zero attached hydrogens (tertiary/aromatic N) is 1. The van der Waals surface area contributed by atoms with Crippen molar-refractivity contribution >= 4 is 38.5 Å². The van der Waals surface area contributed by atoms with Gasteiger partial charge in [0.15, 0.2) is 5.17 Å². The molecule has 1 aromatic carbocycles. The van der Waals surface area contributed by atoms with Gasteiger partial charge in [0, 0.05) is 0 Å². The van der Waals surface area contributed by atoms with Crippen molar-refractivity contribution in [2.75, 3.05) is 0 Å². The quantitative estimate of drug-likeness (QED) is 0.607. The van der Waals surface area contributed by atoms with Crippen molar-refractivity contribution in [1.82, 2.24) is 4.98 Å². The Kier molecular flexibility index (Phi) is 2.69. The molecule has 0 saturated heterocycles. The number of rotatable bonds is 2. The normalized spacial score (nSPS) is 10.6. The van der Waals surface area contributed by atoms with Gasteiger partial charge in [-0.25, -0.2) is 4.98 Å². The van der Waals surface area contributed by atoms with E-state index in [0.29, 0.717) is 5.75 Å². The number of thioether (sulfide) groups is 1. The number of benzene rings is 1. The van der Waals surface area contributed by atoms with E-state index >= 15 is 0 Å². The third kappa shape index (κ3) is 2.05. The number of fused-ring (bicyclic) bond motifs is 1. The van der Waals surface area contributed by atoms with Gasteiger partial charge in [0.05, 0.1) is 16.0 Å². The third-order valence-corrected chi connectivity index (χ3v) is 3.64. The van der Waals surface area contributed by atoms with E-state index < -0.39 is 0 Å². The summed E-state index contributed by atoms with van der Waals surface area (Å²) in [7, 11) is 0. The largest absolute Gasteiger partial charge is 0.379 e. The summed E-state index contributed by atoms with van der Waals surface area (Å²) in [5.74, 6) is 0.689. The second kappa shape index (κ2) is 3.98. The second-order valence-electron chi connectivity index (χ2n) is 2.73. The maximum absolute atomic E-state index is 7.10. The molecular weight excluding hydrogens is 214 g/mol. The second-order valence-corrected chi connectivity index (χ2v) is 4.86. The monoisotopic (exact) mass is 223 g/mol. The molecule has 0 aliphatic heterocycles. The first-order chi connectivity index (χ1) is 6.75. The average molecular weight is 223 g/mol. The molecule has 0 fully saturated rings. The minimum absolute atomic E-state index is 0.143. The topological polar surface area (TPSA) is 62.8 Å². The van der Waals surface area contributed by atoms with Gasteiger partial charge >= 0.3 is 0 Å². The zero-order valence-electron chi connectivity index (χ0n) is 7.36. The van der Waals surface area contributed by atoms with Crippen molar-refractivity contribution in [1.29, 1.82) is 5.41 Å².